The van der Waals surface area contributed by atoms with Crippen LogP contribution in [0, 0.1) is 0 Å². The van der Waals surface area contributed by atoms with Gasteiger partial charge in [-0.1, -0.05) is 6.92 Å². The number of hydrogen-bond acceptors (Lipinski definition) is 4. The summed E-state index contributed by atoms with van der Waals surface area (Å²) in [6.45, 7) is 3.09. The molecule has 0 bridgehead atoms. The first-order valence-corrected chi connectivity index (χ1v) is 5.51. The maximum absolute atomic E-state index is 11.2. The summed E-state index contributed by atoms with van der Waals surface area (Å²) in [5.74, 6) is 1.15. The van der Waals surface area contributed by atoms with Gasteiger partial charge in [-0.2, -0.15) is 0 Å². The largest absolute Gasteiger partial charge is 1.00 e. The van der Waals surface area contributed by atoms with Gasteiger partial charge in [0.05, 0.1) is 13.2 Å². The van der Waals surface area contributed by atoms with Gasteiger partial charge in [-0.25, -0.2) is 4.98 Å². The molecule has 0 fully saturated rings. The van der Waals surface area contributed by atoms with Gasteiger partial charge in [-0.15, -0.1) is 0 Å². The molecule has 1 aromatic heterocycles. The summed E-state index contributed by atoms with van der Waals surface area (Å²) in [5.41, 5.74) is 6.38. The third-order valence-corrected chi connectivity index (χ3v) is 2.19. The van der Waals surface area contributed by atoms with Crippen molar-refractivity contribution in [1.82, 2.24) is 0 Å². The fourth-order valence-electron chi connectivity index (χ4n) is 1.25. The van der Waals surface area contributed by atoms with Crippen LogP contribution in [0.5, 0.6) is 0 Å². The molecule has 0 aliphatic rings. The summed E-state index contributed by atoms with van der Waals surface area (Å²) in [6.07, 6.45) is 0.424. The lowest BCUT2D eigenvalue weighted by Crippen LogP contribution is -3.00. The number of pyridine rings is 1. The molecule has 5 N–H and O–H groups in total. The number of aromatic amines is 1. The Morgan fingerprint density at radius 1 is 1.50 bits per heavy atom. The Kier molecular flexibility index (Phi) is 7.82. The first kappa shape index (κ1) is 16.5. The van der Waals surface area contributed by atoms with E-state index < -0.39 is 0 Å². The molecule has 102 valence electrons. The van der Waals surface area contributed by atoms with Crippen molar-refractivity contribution >= 4 is 23.2 Å². The van der Waals surface area contributed by atoms with Crippen LogP contribution in [0.3, 0.4) is 0 Å². The highest BCUT2D eigenvalue weighted by Gasteiger charge is 2.08. The third-order valence-electron chi connectivity index (χ3n) is 2.19. The van der Waals surface area contributed by atoms with Crippen molar-refractivity contribution < 1.29 is 26.9 Å². The van der Waals surface area contributed by atoms with Gasteiger partial charge in [0.25, 0.3) is 0 Å². The van der Waals surface area contributed by atoms with Crippen LogP contribution in [-0.2, 0) is 9.53 Å². The zero-order valence-corrected chi connectivity index (χ0v) is 11.3. The molecule has 6 nitrogen and oxygen atoms in total. The fourth-order valence-corrected chi connectivity index (χ4v) is 1.25. The average Bonchev–Trinajstić information content (AvgIpc) is 2.32. The molecule has 18 heavy (non-hydrogen) atoms. The van der Waals surface area contributed by atoms with Crippen molar-refractivity contribution in [3.05, 3.63) is 12.1 Å². The Morgan fingerprint density at radius 3 is 2.78 bits per heavy atom. The Morgan fingerprint density at radius 2 is 2.22 bits per heavy atom. The number of rotatable bonds is 6. The molecule has 1 heterocycles. The zero-order valence-electron chi connectivity index (χ0n) is 10.5. The van der Waals surface area contributed by atoms with E-state index in [2.05, 4.69) is 15.6 Å². The van der Waals surface area contributed by atoms with Gasteiger partial charge in [0, 0.05) is 19.6 Å². The third kappa shape index (κ3) is 5.20. The molecule has 0 saturated heterocycles. The highest BCUT2D eigenvalue weighted by molar-refractivity contribution is 5.92. The number of amides is 1. The maximum atomic E-state index is 11.2. The molecule has 0 radical (unpaired) electrons. The van der Waals surface area contributed by atoms with E-state index in [1.807, 2.05) is 6.07 Å². The van der Waals surface area contributed by atoms with Crippen molar-refractivity contribution in [2.24, 2.45) is 0 Å². The van der Waals surface area contributed by atoms with E-state index in [9.17, 15) is 4.79 Å². The quantitative estimate of drug-likeness (QED) is 0.500. The molecule has 1 rings (SSSR count). The van der Waals surface area contributed by atoms with Crippen LogP contribution in [0.4, 0.5) is 17.3 Å². The number of carbonyl (C=O) groups excluding carboxylic acids is 1. The lowest BCUT2D eigenvalue weighted by molar-refractivity contribution is -0.342. The summed E-state index contributed by atoms with van der Waals surface area (Å²) in [6, 6.07) is 3.58. The van der Waals surface area contributed by atoms with Crippen molar-refractivity contribution in [3.63, 3.8) is 0 Å². The van der Waals surface area contributed by atoms with E-state index in [1.54, 1.807) is 20.1 Å². The number of anilines is 3. The number of nitrogens with two attached hydrogens (primary N) is 1. The highest BCUT2D eigenvalue weighted by atomic mass is 35.5. The summed E-state index contributed by atoms with van der Waals surface area (Å²) >= 11 is 0. The smallest absolute Gasteiger partial charge is 0.241 e. The van der Waals surface area contributed by atoms with Crippen LogP contribution in [0.25, 0.3) is 0 Å². The van der Waals surface area contributed by atoms with E-state index in [1.165, 1.54) is 0 Å². The van der Waals surface area contributed by atoms with E-state index in [0.29, 0.717) is 31.1 Å². The van der Waals surface area contributed by atoms with Crippen molar-refractivity contribution in [3.8, 4) is 0 Å². The lowest BCUT2D eigenvalue weighted by atomic mass is 10.3. The summed E-state index contributed by atoms with van der Waals surface area (Å²) in [5, 5.41) is 5.81. The summed E-state index contributed by atoms with van der Waals surface area (Å²) < 4.78 is 4.92. The van der Waals surface area contributed by atoms with Gasteiger partial charge in [-0.3, -0.25) is 4.79 Å². The zero-order chi connectivity index (χ0) is 12.7. The molecule has 0 spiro atoms. The molecule has 0 unspecified atom stereocenters. The molecular formula is C11H19ClN4O2. The van der Waals surface area contributed by atoms with Gasteiger partial charge >= 0.3 is 0 Å². The molecule has 1 aromatic rings. The van der Waals surface area contributed by atoms with Crippen molar-refractivity contribution in [2.45, 2.75) is 13.3 Å². The molecule has 0 aromatic carbocycles. The van der Waals surface area contributed by atoms with Gasteiger partial charge in [-0.05, 0) is 6.07 Å². The number of methoxy groups -OCH3 is 1. The number of halogens is 1. The Balaban J connectivity index is 0.00000289. The molecule has 0 aliphatic heterocycles. The minimum Gasteiger partial charge on any atom is -1.00 e. The normalized spacial score (nSPS) is 9.44. The highest BCUT2D eigenvalue weighted by Crippen LogP contribution is 2.14. The topological polar surface area (TPSA) is 90.5 Å². The molecular weight excluding hydrogens is 256 g/mol. The molecule has 0 saturated carbocycles. The Bertz CT molecular complexity index is 387. The standard InChI is InChI=1S/C11H18N4O2.ClH/c1-3-10(16)14-8-4-5-9(15-11(8)12)13-6-7-17-2;/h4-5H,3,6-7H2,1-2H3,(H,14,16)(H3,12,13,15);1H. The van der Waals surface area contributed by atoms with Crippen molar-refractivity contribution in [1.29, 1.82) is 0 Å². The average molecular weight is 275 g/mol. The maximum Gasteiger partial charge on any atom is 0.241 e. The lowest BCUT2D eigenvalue weighted by Gasteiger charge is -2.06. The number of aromatic nitrogens is 1. The summed E-state index contributed by atoms with van der Waals surface area (Å²) in [7, 11) is 1.64. The van der Waals surface area contributed by atoms with Crippen LogP contribution in [0.15, 0.2) is 12.1 Å². The summed E-state index contributed by atoms with van der Waals surface area (Å²) in [4.78, 5) is 14.2. The Hall–Kier alpha value is -1.53. The number of H-pyrrole nitrogens is 1. The minimum absolute atomic E-state index is 0. The SMILES string of the molecule is CCC(=O)Nc1ccc(NCCOC)[nH+]c1N.[Cl-]. The molecule has 0 atom stereocenters. The van der Waals surface area contributed by atoms with Crippen LogP contribution in [0.1, 0.15) is 13.3 Å². The number of nitrogen functional groups attached to an aromatic ring is 1. The predicted octanol–water partition coefficient (Wildman–Crippen LogP) is -2.51. The molecule has 7 heteroatoms. The van der Waals surface area contributed by atoms with Crippen LogP contribution in [-0.4, -0.2) is 26.2 Å². The fraction of sp³-hybridized carbons (Fsp3) is 0.455. The van der Waals surface area contributed by atoms with Gasteiger partial charge in [0.15, 0.2) is 0 Å². The molecule has 0 aliphatic carbocycles. The van der Waals surface area contributed by atoms with Gasteiger partial charge in [0.1, 0.15) is 5.69 Å². The second-order valence-electron chi connectivity index (χ2n) is 3.52. The second-order valence-corrected chi connectivity index (χ2v) is 3.52. The van der Waals surface area contributed by atoms with Crippen LogP contribution < -0.4 is 33.8 Å². The van der Waals surface area contributed by atoms with E-state index in [4.69, 9.17) is 10.5 Å². The van der Waals surface area contributed by atoms with Gasteiger partial charge < -0.3 is 33.5 Å². The monoisotopic (exact) mass is 274 g/mol. The number of nitrogens with one attached hydrogen (secondary N) is 3. The van der Waals surface area contributed by atoms with E-state index in [0.717, 1.165) is 5.82 Å². The Labute approximate surface area is 113 Å². The van der Waals surface area contributed by atoms with Crippen LogP contribution >= 0.6 is 0 Å². The predicted molar refractivity (Wildman–Crippen MR) is 66.7 cm³/mol. The number of hydrogen-bond donors (Lipinski definition) is 3. The van der Waals surface area contributed by atoms with E-state index in [-0.39, 0.29) is 18.3 Å². The first-order chi connectivity index (χ1) is 8.17. The molecule has 1 amide bonds. The van der Waals surface area contributed by atoms with Gasteiger partial charge in [0.2, 0.25) is 17.5 Å². The minimum atomic E-state index is -0.0646. The van der Waals surface area contributed by atoms with Crippen LogP contribution in [0.2, 0.25) is 0 Å². The number of ether oxygens (including phenoxy) is 1. The first-order valence-electron chi connectivity index (χ1n) is 5.51. The van der Waals surface area contributed by atoms with Crippen molar-refractivity contribution in [2.75, 3.05) is 36.6 Å². The second kappa shape index (κ2) is 8.54. The number of carbonyl (C=O) groups is 1. The van der Waals surface area contributed by atoms with E-state index >= 15 is 0 Å².